The molecule has 0 fully saturated rings. The van der Waals surface area contributed by atoms with E-state index in [1.165, 1.54) is 11.8 Å². The number of nitrogens with one attached hydrogen (secondary N) is 2. The van der Waals surface area contributed by atoms with Crippen LogP contribution in [0.3, 0.4) is 0 Å². The number of benzene rings is 1. The van der Waals surface area contributed by atoms with Gasteiger partial charge in [-0.25, -0.2) is 4.98 Å². The van der Waals surface area contributed by atoms with Crippen LogP contribution < -0.4 is 5.32 Å². The highest BCUT2D eigenvalue weighted by Gasteiger charge is 2.35. The van der Waals surface area contributed by atoms with Gasteiger partial charge in [0, 0.05) is 38.8 Å². The van der Waals surface area contributed by atoms with Crippen molar-refractivity contribution in [2.45, 2.75) is 44.8 Å². The quantitative estimate of drug-likeness (QED) is 0.503. The third-order valence-electron chi connectivity index (χ3n) is 5.38. The van der Waals surface area contributed by atoms with Gasteiger partial charge in [0.05, 0.1) is 16.4 Å². The average Bonchev–Trinajstić information content (AvgIpc) is 3.38. The molecule has 170 valence electrons. The molecule has 2 N–H and O–H groups in total. The second kappa shape index (κ2) is 11.1. The first-order valence-electron chi connectivity index (χ1n) is 10.7. The summed E-state index contributed by atoms with van der Waals surface area (Å²) in [5, 5.41) is 2.24. The molecule has 2 aromatic rings. The number of imide groups is 1. The monoisotopic (exact) mass is 456 g/mol. The van der Waals surface area contributed by atoms with Gasteiger partial charge in [0.25, 0.3) is 11.8 Å². The topological polar surface area (TPSA) is 112 Å². The van der Waals surface area contributed by atoms with E-state index in [1.807, 2.05) is 0 Å². The van der Waals surface area contributed by atoms with Gasteiger partial charge < -0.3 is 10.3 Å². The van der Waals surface area contributed by atoms with Crippen LogP contribution >= 0.6 is 11.8 Å². The predicted molar refractivity (Wildman–Crippen MR) is 122 cm³/mol. The number of nitrogens with zero attached hydrogens (tertiary/aromatic N) is 2. The molecule has 1 aromatic heterocycles. The van der Waals surface area contributed by atoms with Crippen molar-refractivity contribution in [2.24, 2.45) is 5.92 Å². The molecule has 2 heterocycles. The van der Waals surface area contributed by atoms with Crippen LogP contribution in [0.15, 0.2) is 36.7 Å². The average molecular weight is 457 g/mol. The number of aromatic nitrogens is 2. The number of fused-ring (bicyclic) bond motifs is 1. The maximum absolute atomic E-state index is 12.7. The van der Waals surface area contributed by atoms with Crippen LogP contribution in [-0.2, 0) is 16.0 Å². The van der Waals surface area contributed by atoms with Crippen LogP contribution in [0, 0.1) is 5.92 Å². The van der Waals surface area contributed by atoms with E-state index in [0.29, 0.717) is 30.5 Å². The summed E-state index contributed by atoms with van der Waals surface area (Å²) in [5.74, 6) is 0.358. The van der Waals surface area contributed by atoms with Gasteiger partial charge in [-0.05, 0) is 37.3 Å². The number of aromatic amines is 1. The zero-order chi connectivity index (χ0) is 23.1. The van der Waals surface area contributed by atoms with Crippen molar-refractivity contribution < 1.29 is 19.2 Å². The third kappa shape index (κ3) is 6.06. The van der Waals surface area contributed by atoms with Crippen molar-refractivity contribution in [2.75, 3.05) is 13.1 Å². The van der Waals surface area contributed by atoms with E-state index in [-0.39, 0.29) is 35.3 Å². The van der Waals surface area contributed by atoms with E-state index >= 15 is 0 Å². The van der Waals surface area contributed by atoms with Gasteiger partial charge >= 0.3 is 0 Å². The Kier molecular flexibility index (Phi) is 8.21. The molecule has 8 nitrogen and oxygen atoms in total. The van der Waals surface area contributed by atoms with Crippen LogP contribution in [0.5, 0.6) is 0 Å². The van der Waals surface area contributed by atoms with E-state index in [1.54, 1.807) is 36.7 Å². The van der Waals surface area contributed by atoms with Crippen LogP contribution in [0.25, 0.3) is 0 Å². The van der Waals surface area contributed by atoms with Crippen molar-refractivity contribution in [1.29, 1.82) is 0 Å². The van der Waals surface area contributed by atoms with Crippen LogP contribution in [0.2, 0.25) is 0 Å². The number of imidazole rings is 1. The maximum Gasteiger partial charge on any atom is 0.261 e. The Morgan fingerprint density at radius 1 is 1.16 bits per heavy atom. The highest BCUT2D eigenvalue weighted by atomic mass is 32.2. The second-order valence-electron chi connectivity index (χ2n) is 7.97. The molecule has 3 amide bonds. The number of amides is 3. The van der Waals surface area contributed by atoms with Gasteiger partial charge in [0.2, 0.25) is 5.91 Å². The van der Waals surface area contributed by atoms with E-state index in [2.05, 4.69) is 22.2 Å². The minimum absolute atomic E-state index is 0.142. The molecule has 3 rings (SSSR count). The number of carbonyl (C=O) groups is 4. The van der Waals surface area contributed by atoms with Gasteiger partial charge in [-0.1, -0.05) is 30.8 Å². The van der Waals surface area contributed by atoms with E-state index in [9.17, 15) is 19.2 Å². The molecule has 2 atom stereocenters. The van der Waals surface area contributed by atoms with Crippen LogP contribution in [0.4, 0.5) is 0 Å². The number of H-pyrrole nitrogens is 1. The molecule has 1 aromatic carbocycles. The molecule has 0 saturated carbocycles. The lowest BCUT2D eigenvalue weighted by Gasteiger charge is -2.19. The summed E-state index contributed by atoms with van der Waals surface area (Å²) < 4.78 is 0. The Morgan fingerprint density at radius 3 is 2.44 bits per heavy atom. The summed E-state index contributed by atoms with van der Waals surface area (Å²) in [7, 11) is 0. The highest BCUT2D eigenvalue weighted by Crippen LogP contribution is 2.24. The molecule has 0 bridgehead atoms. The largest absolute Gasteiger partial charge is 0.355 e. The summed E-state index contributed by atoms with van der Waals surface area (Å²) in [6.07, 6.45) is 6.01. The van der Waals surface area contributed by atoms with Crippen molar-refractivity contribution in [3.8, 4) is 0 Å². The summed E-state index contributed by atoms with van der Waals surface area (Å²) in [6, 6.07) is 6.74. The predicted octanol–water partition coefficient (Wildman–Crippen LogP) is 2.82. The normalized spacial score (nSPS) is 14.9. The van der Waals surface area contributed by atoms with Crippen LogP contribution in [0.1, 0.15) is 59.7 Å². The molecule has 1 aliphatic rings. The van der Waals surface area contributed by atoms with Gasteiger partial charge in [-0.2, -0.15) is 0 Å². The van der Waals surface area contributed by atoms with E-state index in [0.717, 1.165) is 30.4 Å². The van der Waals surface area contributed by atoms with E-state index in [4.69, 9.17) is 0 Å². The Morgan fingerprint density at radius 2 is 1.84 bits per heavy atom. The summed E-state index contributed by atoms with van der Waals surface area (Å²) in [5.41, 5.74) is 0.821. The molecule has 0 radical (unpaired) electrons. The molecule has 9 heteroatoms. The van der Waals surface area contributed by atoms with Crippen molar-refractivity contribution in [3.63, 3.8) is 0 Å². The van der Waals surface area contributed by atoms with Crippen molar-refractivity contribution >= 4 is 34.6 Å². The Hall–Kier alpha value is -2.94. The Bertz CT molecular complexity index is 941. The first kappa shape index (κ1) is 23.7. The van der Waals surface area contributed by atoms with Crippen LogP contribution in [-0.4, -0.2) is 56.0 Å². The number of hydrogen-bond donors (Lipinski definition) is 2. The maximum atomic E-state index is 12.7. The standard InChI is InChI=1S/C23H28N4O4S/c1-15(9-10-20-24-11-12-25-20)14-26-21(29)19(32-16(2)28)8-5-13-27-22(30)17-6-3-4-7-18(17)23(27)31/h3-4,6-7,11-12,15,19H,5,8-10,13-14H2,1-2H3,(H,24,25)(H,26,29)/t15-,19?/m0/s1. The lowest BCUT2D eigenvalue weighted by molar-refractivity contribution is -0.121. The van der Waals surface area contributed by atoms with E-state index < -0.39 is 5.25 Å². The van der Waals surface area contributed by atoms with Gasteiger partial charge in [-0.3, -0.25) is 24.1 Å². The third-order valence-corrected chi connectivity index (χ3v) is 6.45. The number of hydrogen-bond acceptors (Lipinski definition) is 6. The minimum Gasteiger partial charge on any atom is -0.355 e. The minimum atomic E-state index is -0.556. The summed E-state index contributed by atoms with van der Waals surface area (Å²) >= 11 is 0.988. The fourth-order valence-corrected chi connectivity index (χ4v) is 4.50. The smallest absolute Gasteiger partial charge is 0.261 e. The Labute approximate surface area is 191 Å². The van der Waals surface area contributed by atoms with Gasteiger partial charge in [-0.15, -0.1) is 0 Å². The number of aryl methyl sites for hydroxylation is 1. The highest BCUT2D eigenvalue weighted by molar-refractivity contribution is 8.14. The molecule has 32 heavy (non-hydrogen) atoms. The molecular formula is C23H28N4O4S. The molecule has 0 spiro atoms. The fourth-order valence-electron chi connectivity index (χ4n) is 3.63. The Balaban J connectivity index is 1.47. The van der Waals surface area contributed by atoms with Crippen molar-refractivity contribution in [1.82, 2.24) is 20.2 Å². The van der Waals surface area contributed by atoms with Gasteiger partial charge in [0.1, 0.15) is 5.82 Å². The van der Waals surface area contributed by atoms with Crippen molar-refractivity contribution in [3.05, 3.63) is 53.6 Å². The zero-order valence-corrected chi connectivity index (χ0v) is 19.1. The fraction of sp³-hybridized carbons (Fsp3) is 0.435. The number of carbonyl (C=O) groups excluding carboxylic acids is 4. The number of rotatable bonds is 11. The molecular weight excluding hydrogens is 428 g/mol. The molecule has 1 unspecified atom stereocenters. The molecule has 1 aliphatic heterocycles. The van der Waals surface area contributed by atoms with Gasteiger partial charge in [0.15, 0.2) is 5.12 Å². The number of thioether (sulfide) groups is 1. The SMILES string of the molecule is CC(=O)SC(CCCN1C(=O)c2ccccc2C1=O)C(=O)NC[C@@H](C)CCc1ncc[nH]1. The summed E-state index contributed by atoms with van der Waals surface area (Å²) in [4.78, 5) is 57.8. The zero-order valence-electron chi connectivity index (χ0n) is 18.3. The molecule has 0 saturated heterocycles. The second-order valence-corrected chi connectivity index (χ2v) is 9.35. The summed E-state index contributed by atoms with van der Waals surface area (Å²) in [6.45, 7) is 4.21. The lowest BCUT2D eigenvalue weighted by Crippen LogP contribution is -2.37. The molecule has 0 aliphatic carbocycles. The lowest BCUT2D eigenvalue weighted by atomic mass is 10.1. The first-order valence-corrected chi connectivity index (χ1v) is 11.6. The first-order chi connectivity index (χ1) is 15.4.